The Balaban J connectivity index is 1.79. The van der Waals surface area contributed by atoms with Crippen LogP contribution in [0, 0.1) is 0 Å². The van der Waals surface area contributed by atoms with Crippen LogP contribution in [0.25, 0.3) is 33.9 Å². The van der Waals surface area contributed by atoms with Gasteiger partial charge in [0.25, 0.3) is 0 Å². The number of para-hydroxylation sites is 1. The Morgan fingerprint density at radius 3 is 2.64 bits per heavy atom. The van der Waals surface area contributed by atoms with Gasteiger partial charge in [-0.15, -0.1) is 0 Å². The first-order chi connectivity index (χ1) is 12.4. The maximum absolute atomic E-state index is 4.67. The van der Waals surface area contributed by atoms with Crippen molar-refractivity contribution in [2.45, 2.75) is 6.54 Å². The van der Waals surface area contributed by atoms with Crippen LogP contribution < -0.4 is 4.40 Å². The minimum atomic E-state index is 0.894. The minimum absolute atomic E-state index is 0.894. The van der Waals surface area contributed by atoms with E-state index in [9.17, 15) is 0 Å². The smallest absolute Gasteiger partial charge is 0.223 e. The highest BCUT2D eigenvalue weighted by atomic mass is 15.3. The van der Waals surface area contributed by atoms with Crippen LogP contribution in [-0.2, 0) is 6.54 Å². The lowest BCUT2D eigenvalue weighted by atomic mass is 10.1. The summed E-state index contributed by atoms with van der Waals surface area (Å²) in [6.07, 6.45) is 4.10. The van der Waals surface area contributed by atoms with Gasteiger partial charge in [0.15, 0.2) is 5.52 Å². The molecule has 0 N–H and O–H groups in total. The van der Waals surface area contributed by atoms with Gasteiger partial charge in [0, 0.05) is 11.8 Å². The summed E-state index contributed by atoms with van der Waals surface area (Å²) in [6, 6.07) is 23.3. The molecule has 4 heteroatoms. The van der Waals surface area contributed by atoms with E-state index in [1.807, 2.05) is 18.3 Å². The van der Waals surface area contributed by atoms with Gasteiger partial charge in [-0.1, -0.05) is 42.5 Å². The Hall–Kier alpha value is -3.40. The van der Waals surface area contributed by atoms with Crippen LogP contribution in [0.5, 0.6) is 0 Å². The van der Waals surface area contributed by atoms with Crippen LogP contribution in [0.4, 0.5) is 0 Å². The van der Waals surface area contributed by atoms with E-state index in [1.54, 1.807) is 0 Å². The Morgan fingerprint density at radius 2 is 1.72 bits per heavy atom. The lowest BCUT2D eigenvalue weighted by molar-refractivity contribution is -0.480. The molecule has 0 unspecified atom stereocenters. The van der Waals surface area contributed by atoms with Gasteiger partial charge >= 0.3 is 5.78 Å². The molecule has 0 saturated carbocycles. The Labute approximate surface area is 144 Å². The molecule has 0 bridgehead atoms. The van der Waals surface area contributed by atoms with Crippen LogP contribution in [0.15, 0.2) is 79.1 Å². The number of aromatic nitrogens is 4. The van der Waals surface area contributed by atoms with Crippen molar-refractivity contribution in [3.63, 3.8) is 0 Å². The SMILES string of the molecule is c1ccc(-n2c3ncccc3[n+]3cc4n(c23)Cc2ccccc2-4)cc1. The van der Waals surface area contributed by atoms with E-state index >= 15 is 0 Å². The second-order valence-corrected chi connectivity index (χ2v) is 6.44. The maximum atomic E-state index is 4.67. The number of imidazole rings is 2. The number of nitrogens with zero attached hydrogens (tertiary/aromatic N) is 4. The third kappa shape index (κ3) is 1.61. The molecule has 0 radical (unpaired) electrons. The van der Waals surface area contributed by atoms with Gasteiger partial charge in [0.1, 0.15) is 17.6 Å². The highest BCUT2D eigenvalue weighted by Gasteiger charge is 2.32. The third-order valence-corrected chi connectivity index (χ3v) is 5.07. The van der Waals surface area contributed by atoms with Gasteiger partial charge in [-0.05, 0) is 29.8 Å². The quantitative estimate of drug-likeness (QED) is 0.425. The van der Waals surface area contributed by atoms with Crippen LogP contribution >= 0.6 is 0 Å². The van der Waals surface area contributed by atoms with Crippen molar-refractivity contribution in [2.75, 3.05) is 0 Å². The molecule has 5 aromatic rings. The highest BCUT2D eigenvalue weighted by Crippen LogP contribution is 2.34. The molecule has 3 aromatic heterocycles. The molecule has 1 aliphatic heterocycles. The molecule has 118 valence electrons. The molecule has 25 heavy (non-hydrogen) atoms. The molecule has 0 spiro atoms. The summed E-state index contributed by atoms with van der Waals surface area (Å²) in [6.45, 7) is 0.894. The van der Waals surface area contributed by atoms with Gasteiger partial charge < -0.3 is 0 Å². The summed E-state index contributed by atoms with van der Waals surface area (Å²) in [4.78, 5) is 4.67. The van der Waals surface area contributed by atoms with Crippen LogP contribution in [-0.4, -0.2) is 14.1 Å². The van der Waals surface area contributed by atoms with Crippen molar-refractivity contribution in [3.8, 4) is 16.9 Å². The van der Waals surface area contributed by atoms with Crippen molar-refractivity contribution in [1.29, 1.82) is 0 Å². The van der Waals surface area contributed by atoms with E-state index in [2.05, 4.69) is 79.3 Å². The first-order valence-electron chi connectivity index (χ1n) is 8.46. The summed E-state index contributed by atoms with van der Waals surface area (Å²) in [5.74, 6) is 1.14. The number of pyridine rings is 1. The van der Waals surface area contributed by atoms with Crippen molar-refractivity contribution in [2.24, 2.45) is 0 Å². The fourth-order valence-corrected chi connectivity index (χ4v) is 4.00. The molecule has 2 aromatic carbocycles. The van der Waals surface area contributed by atoms with E-state index in [4.69, 9.17) is 0 Å². The monoisotopic (exact) mass is 323 g/mol. The van der Waals surface area contributed by atoms with Crippen LogP contribution in [0.3, 0.4) is 0 Å². The first-order valence-corrected chi connectivity index (χ1v) is 8.46. The molecule has 0 saturated heterocycles. The Bertz CT molecular complexity index is 1260. The average Bonchev–Trinajstić information content (AvgIpc) is 3.30. The number of benzene rings is 2. The van der Waals surface area contributed by atoms with E-state index in [-0.39, 0.29) is 0 Å². The predicted molar refractivity (Wildman–Crippen MR) is 96.8 cm³/mol. The molecule has 0 amide bonds. The molecule has 1 aliphatic rings. The molecule has 0 atom stereocenters. The normalized spacial score (nSPS) is 12.6. The van der Waals surface area contributed by atoms with Crippen molar-refractivity contribution in [1.82, 2.24) is 14.1 Å². The topological polar surface area (TPSA) is 26.9 Å². The van der Waals surface area contributed by atoms with Gasteiger partial charge in [0.2, 0.25) is 5.65 Å². The minimum Gasteiger partial charge on any atom is -0.223 e. The number of rotatable bonds is 1. The molecule has 4 heterocycles. The maximum Gasteiger partial charge on any atom is 0.377 e. The summed E-state index contributed by atoms with van der Waals surface area (Å²) < 4.78 is 6.91. The summed E-state index contributed by atoms with van der Waals surface area (Å²) >= 11 is 0. The second kappa shape index (κ2) is 4.57. The summed E-state index contributed by atoms with van der Waals surface area (Å²) in [5.41, 5.74) is 7.20. The fourth-order valence-electron chi connectivity index (χ4n) is 4.00. The Morgan fingerprint density at radius 1 is 0.880 bits per heavy atom. The lowest BCUT2D eigenvalue weighted by Crippen LogP contribution is -2.18. The molecular weight excluding hydrogens is 308 g/mol. The second-order valence-electron chi connectivity index (χ2n) is 6.44. The molecule has 0 aliphatic carbocycles. The predicted octanol–water partition coefficient (Wildman–Crippen LogP) is 3.59. The lowest BCUT2D eigenvalue weighted by Gasteiger charge is -2.00. The van der Waals surface area contributed by atoms with Gasteiger partial charge in [0.05, 0.1) is 6.54 Å². The average molecular weight is 323 g/mol. The summed E-state index contributed by atoms with van der Waals surface area (Å²) in [5, 5.41) is 0. The zero-order chi connectivity index (χ0) is 16.4. The summed E-state index contributed by atoms with van der Waals surface area (Å²) in [7, 11) is 0. The van der Waals surface area contributed by atoms with Crippen LogP contribution in [0.2, 0.25) is 0 Å². The van der Waals surface area contributed by atoms with Crippen molar-refractivity contribution < 1.29 is 4.40 Å². The molecular formula is C21H15N4+. The van der Waals surface area contributed by atoms with E-state index in [0.29, 0.717) is 0 Å². The zero-order valence-electron chi connectivity index (χ0n) is 13.5. The number of hydrogen-bond acceptors (Lipinski definition) is 1. The number of hydrogen-bond donors (Lipinski definition) is 0. The van der Waals surface area contributed by atoms with E-state index in [0.717, 1.165) is 29.2 Å². The highest BCUT2D eigenvalue weighted by molar-refractivity contribution is 5.77. The van der Waals surface area contributed by atoms with Gasteiger partial charge in [-0.2, -0.15) is 8.97 Å². The molecule has 0 fully saturated rings. The van der Waals surface area contributed by atoms with Gasteiger partial charge in [-0.3, -0.25) is 0 Å². The van der Waals surface area contributed by atoms with E-state index in [1.165, 1.54) is 16.8 Å². The zero-order valence-corrected chi connectivity index (χ0v) is 13.5. The molecule has 4 nitrogen and oxygen atoms in total. The third-order valence-electron chi connectivity index (χ3n) is 5.07. The van der Waals surface area contributed by atoms with Gasteiger partial charge in [-0.25, -0.2) is 9.55 Å². The Kier molecular flexibility index (Phi) is 2.37. The van der Waals surface area contributed by atoms with Crippen molar-refractivity contribution >= 4 is 16.9 Å². The first kappa shape index (κ1) is 13.0. The van der Waals surface area contributed by atoms with E-state index < -0.39 is 0 Å². The standard InChI is InChI=1S/C21H15N4/c1-2-8-16(9-3-1)25-20-18(11-6-12-22-20)24-14-19-17-10-5-4-7-15(17)13-23(19)21(24)25/h1-12,14H,13H2/q+1. The van der Waals surface area contributed by atoms with Crippen molar-refractivity contribution in [3.05, 3.63) is 84.7 Å². The largest absolute Gasteiger partial charge is 0.377 e. The van der Waals surface area contributed by atoms with Crippen LogP contribution in [0.1, 0.15) is 5.56 Å². The number of fused-ring (bicyclic) bond motifs is 7. The fraction of sp³-hybridized carbons (Fsp3) is 0.0476. The molecule has 6 rings (SSSR count).